The van der Waals surface area contributed by atoms with Crippen LogP contribution in [-0.2, 0) is 9.59 Å². The van der Waals surface area contributed by atoms with Crippen LogP contribution in [0.2, 0.25) is 10.0 Å². The van der Waals surface area contributed by atoms with E-state index in [0.29, 0.717) is 10.0 Å². The van der Waals surface area contributed by atoms with Crippen LogP contribution in [0.5, 0.6) is 11.5 Å². The first-order chi connectivity index (χ1) is 12.7. The monoisotopic (exact) mass is 422 g/mol. The van der Waals surface area contributed by atoms with Crippen LogP contribution in [0.1, 0.15) is 13.8 Å². The summed E-state index contributed by atoms with van der Waals surface area (Å²) in [5.41, 5.74) is 0.568. The molecule has 0 fully saturated rings. The molecule has 0 heterocycles. The highest BCUT2D eigenvalue weighted by Gasteiger charge is 2.12. The van der Waals surface area contributed by atoms with Crippen LogP contribution in [-0.4, -0.2) is 11.9 Å². The fraction of sp³-hybridized carbons (Fsp3) is 0.100. The number of ether oxygens (including phenoxy) is 2. The zero-order valence-corrected chi connectivity index (χ0v) is 17.0. The van der Waals surface area contributed by atoms with Crippen molar-refractivity contribution in [2.45, 2.75) is 23.6 Å². The van der Waals surface area contributed by atoms with Crippen LogP contribution >= 0.6 is 35.0 Å². The van der Waals surface area contributed by atoms with Crippen molar-refractivity contribution in [2.24, 2.45) is 0 Å². The molecule has 7 heteroatoms. The van der Waals surface area contributed by atoms with Crippen LogP contribution in [0.25, 0.3) is 0 Å². The second-order valence-electron chi connectivity index (χ2n) is 5.63. The van der Waals surface area contributed by atoms with Gasteiger partial charge in [0.25, 0.3) is 0 Å². The van der Waals surface area contributed by atoms with Crippen molar-refractivity contribution in [1.29, 1.82) is 0 Å². The number of carbonyl (C=O) groups excluding carboxylic acids is 2. The number of benzene rings is 2. The first-order valence-corrected chi connectivity index (χ1v) is 9.27. The van der Waals surface area contributed by atoms with Gasteiger partial charge in [0.15, 0.2) is 0 Å². The largest absolute Gasteiger partial charge is 0.422 e. The first kappa shape index (κ1) is 21.1. The lowest BCUT2D eigenvalue weighted by atomic mass is 10.3. The van der Waals surface area contributed by atoms with Gasteiger partial charge in [0.1, 0.15) is 11.5 Å². The summed E-state index contributed by atoms with van der Waals surface area (Å²) in [6.45, 7) is 10.2. The average molecular weight is 423 g/mol. The van der Waals surface area contributed by atoms with E-state index in [1.165, 1.54) is 11.8 Å². The highest BCUT2D eigenvalue weighted by molar-refractivity contribution is 7.99. The summed E-state index contributed by atoms with van der Waals surface area (Å²) in [7, 11) is 0. The number of rotatable bonds is 6. The number of hydrogen-bond acceptors (Lipinski definition) is 5. The van der Waals surface area contributed by atoms with Gasteiger partial charge in [-0.1, -0.05) is 48.1 Å². The lowest BCUT2D eigenvalue weighted by molar-refractivity contribution is -0.130. The Hall–Kier alpha value is -2.21. The van der Waals surface area contributed by atoms with E-state index in [2.05, 4.69) is 13.2 Å². The zero-order valence-electron chi connectivity index (χ0n) is 14.7. The third kappa shape index (κ3) is 5.89. The van der Waals surface area contributed by atoms with E-state index < -0.39 is 11.9 Å². The van der Waals surface area contributed by atoms with Crippen molar-refractivity contribution in [1.82, 2.24) is 0 Å². The van der Waals surface area contributed by atoms with E-state index in [4.69, 9.17) is 32.7 Å². The highest BCUT2D eigenvalue weighted by Crippen LogP contribution is 2.37. The summed E-state index contributed by atoms with van der Waals surface area (Å²) >= 11 is 13.8. The van der Waals surface area contributed by atoms with E-state index >= 15 is 0 Å². The molecule has 0 aromatic heterocycles. The van der Waals surface area contributed by atoms with E-state index in [0.717, 1.165) is 9.79 Å². The second-order valence-corrected chi connectivity index (χ2v) is 7.59. The van der Waals surface area contributed by atoms with Crippen molar-refractivity contribution in [3.8, 4) is 11.5 Å². The van der Waals surface area contributed by atoms with Gasteiger partial charge in [-0.15, -0.1) is 0 Å². The zero-order chi connectivity index (χ0) is 20.1. The molecule has 0 saturated carbocycles. The topological polar surface area (TPSA) is 52.6 Å². The highest BCUT2D eigenvalue weighted by atomic mass is 35.5. The molecule has 0 aliphatic heterocycles. The first-order valence-electron chi connectivity index (χ1n) is 7.69. The maximum atomic E-state index is 11.6. The summed E-state index contributed by atoms with van der Waals surface area (Å²) in [5.74, 6) is -0.559. The van der Waals surface area contributed by atoms with Gasteiger partial charge < -0.3 is 9.47 Å². The number of hydrogen-bond donors (Lipinski definition) is 0. The molecule has 0 radical (unpaired) electrons. The summed E-state index contributed by atoms with van der Waals surface area (Å²) in [5, 5.41) is 0.598. The lowest BCUT2D eigenvalue weighted by Crippen LogP contribution is -2.08. The standard InChI is InChI=1S/C20H16Cl2O4S/c1-11(2)19(23)25-17-7-5-13(9-15(17)21)27-14-6-8-18(16(22)10-14)26-20(24)12(3)4/h5-10H,1,3H2,2,4H3. The molecule has 0 unspecified atom stereocenters. The maximum absolute atomic E-state index is 11.6. The Labute approximate surface area is 171 Å². The summed E-state index contributed by atoms with van der Waals surface area (Å²) < 4.78 is 10.3. The predicted octanol–water partition coefficient (Wildman–Crippen LogP) is 6.11. The van der Waals surface area contributed by atoms with Gasteiger partial charge in [-0.2, -0.15) is 0 Å². The fourth-order valence-corrected chi connectivity index (χ4v) is 3.23. The van der Waals surface area contributed by atoms with Crippen LogP contribution in [0.4, 0.5) is 0 Å². The molecule has 0 aliphatic rings. The molecular formula is C20H16Cl2O4S. The van der Waals surface area contributed by atoms with Crippen molar-refractivity contribution in [3.05, 3.63) is 70.7 Å². The van der Waals surface area contributed by atoms with Crippen molar-refractivity contribution < 1.29 is 19.1 Å². The van der Waals surface area contributed by atoms with Crippen LogP contribution in [0.3, 0.4) is 0 Å². The van der Waals surface area contributed by atoms with E-state index in [-0.39, 0.29) is 22.6 Å². The van der Waals surface area contributed by atoms with E-state index in [1.54, 1.807) is 50.2 Å². The predicted molar refractivity (Wildman–Crippen MR) is 108 cm³/mol. The second kappa shape index (κ2) is 9.13. The molecule has 140 valence electrons. The van der Waals surface area contributed by atoms with Crippen LogP contribution < -0.4 is 9.47 Å². The molecule has 0 bridgehead atoms. The van der Waals surface area contributed by atoms with Crippen molar-refractivity contribution >= 4 is 46.9 Å². The molecule has 0 atom stereocenters. The fourth-order valence-electron chi connectivity index (χ4n) is 1.77. The Morgan fingerprint density at radius 1 is 0.815 bits per heavy atom. The van der Waals surface area contributed by atoms with E-state index in [1.807, 2.05) is 0 Å². The van der Waals surface area contributed by atoms with Crippen LogP contribution in [0.15, 0.2) is 70.5 Å². The Balaban J connectivity index is 2.13. The van der Waals surface area contributed by atoms with Gasteiger partial charge in [-0.3, -0.25) is 0 Å². The minimum Gasteiger partial charge on any atom is -0.422 e. The molecule has 2 rings (SSSR count). The summed E-state index contributed by atoms with van der Waals surface area (Å²) in [4.78, 5) is 24.8. The molecule has 4 nitrogen and oxygen atoms in total. The number of esters is 2. The van der Waals surface area contributed by atoms with Gasteiger partial charge in [0.05, 0.1) is 10.0 Å². The van der Waals surface area contributed by atoms with Crippen molar-refractivity contribution in [3.63, 3.8) is 0 Å². The molecular weight excluding hydrogens is 407 g/mol. The van der Waals surface area contributed by atoms with E-state index in [9.17, 15) is 9.59 Å². The van der Waals surface area contributed by atoms with Crippen molar-refractivity contribution in [2.75, 3.05) is 0 Å². The Kier molecular flexibility index (Phi) is 7.13. The Morgan fingerprint density at radius 2 is 1.19 bits per heavy atom. The summed E-state index contributed by atoms with van der Waals surface area (Å²) in [6, 6.07) is 10.1. The molecule has 27 heavy (non-hydrogen) atoms. The average Bonchev–Trinajstić information content (AvgIpc) is 2.59. The number of halogens is 2. The molecule has 0 saturated heterocycles. The molecule has 0 aliphatic carbocycles. The molecule has 0 spiro atoms. The molecule has 0 amide bonds. The molecule has 0 N–H and O–H groups in total. The Morgan fingerprint density at radius 3 is 1.48 bits per heavy atom. The smallest absolute Gasteiger partial charge is 0.338 e. The number of carbonyl (C=O) groups is 2. The quantitative estimate of drug-likeness (QED) is 0.319. The maximum Gasteiger partial charge on any atom is 0.338 e. The molecule has 2 aromatic carbocycles. The van der Waals surface area contributed by atoms with Gasteiger partial charge in [-0.25, -0.2) is 9.59 Å². The lowest BCUT2D eigenvalue weighted by Gasteiger charge is -2.09. The third-order valence-electron chi connectivity index (χ3n) is 3.14. The third-order valence-corrected chi connectivity index (χ3v) is 4.71. The van der Waals surface area contributed by atoms with Gasteiger partial charge >= 0.3 is 11.9 Å². The van der Waals surface area contributed by atoms with Gasteiger partial charge in [0, 0.05) is 20.9 Å². The van der Waals surface area contributed by atoms with Gasteiger partial charge in [0.2, 0.25) is 0 Å². The SMILES string of the molecule is C=C(C)C(=O)Oc1ccc(Sc2ccc(OC(=O)C(=C)C)c(Cl)c2)cc1Cl. The van der Waals surface area contributed by atoms with Crippen LogP contribution in [0, 0.1) is 0 Å². The minimum atomic E-state index is -0.538. The summed E-state index contributed by atoms with van der Waals surface area (Å²) in [6.07, 6.45) is 0. The molecule has 2 aromatic rings. The van der Waals surface area contributed by atoms with Gasteiger partial charge in [-0.05, 0) is 50.2 Å². The minimum absolute atomic E-state index is 0.258. The normalized spacial score (nSPS) is 10.2. The Bertz CT molecular complexity index is 862.